The van der Waals surface area contributed by atoms with Crippen LogP contribution in [0.2, 0.25) is 0 Å². The van der Waals surface area contributed by atoms with Crippen molar-refractivity contribution >= 4 is 12.0 Å². The average molecular weight is 272 g/mol. The predicted molar refractivity (Wildman–Crippen MR) is 63.8 cm³/mol. The second kappa shape index (κ2) is 6.08. The highest BCUT2D eigenvalue weighted by atomic mass is 19.4. The zero-order valence-electron chi connectivity index (χ0n) is 9.78. The van der Waals surface area contributed by atoms with Gasteiger partial charge in [0.2, 0.25) is 0 Å². The van der Waals surface area contributed by atoms with E-state index in [-0.39, 0.29) is 17.9 Å². The van der Waals surface area contributed by atoms with E-state index in [9.17, 15) is 18.0 Å². The highest BCUT2D eigenvalue weighted by Crippen LogP contribution is 2.37. The summed E-state index contributed by atoms with van der Waals surface area (Å²) in [6, 6.07) is 3.32. The Balaban J connectivity index is 3.15. The average Bonchev–Trinajstić information content (AvgIpc) is 2.33. The zero-order chi connectivity index (χ0) is 14.5. The number of hydrogen-bond donors (Lipinski definition) is 1. The molecule has 102 valence electrons. The Morgan fingerprint density at radius 3 is 2.63 bits per heavy atom. The molecule has 0 aromatic heterocycles. The van der Waals surface area contributed by atoms with Crippen molar-refractivity contribution in [1.29, 1.82) is 0 Å². The highest BCUT2D eigenvalue weighted by Gasteiger charge is 2.34. The number of ether oxygens (including phenoxy) is 1. The maximum absolute atomic E-state index is 12.8. The molecule has 0 radical (unpaired) electrons. The lowest BCUT2D eigenvalue weighted by Crippen LogP contribution is -2.09. The van der Waals surface area contributed by atoms with Crippen molar-refractivity contribution < 1.29 is 27.8 Å². The number of carboxylic acids is 1. The summed E-state index contributed by atoms with van der Waals surface area (Å²) in [5, 5.41) is 8.43. The second-order valence-corrected chi connectivity index (χ2v) is 3.52. The zero-order valence-corrected chi connectivity index (χ0v) is 9.78. The quantitative estimate of drug-likeness (QED) is 0.660. The van der Waals surface area contributed by atoms with Gasteiger partial charge in [0.05, 0.1) is 5.56 Å². The van der Waals surface area contributed by atoms with Gasteiger partial charge in [-0.05, 0) is 23.8 Å². The van der Waals surface area contributed by atoms with Crippen LogP contribution < -0.4 is 4.74 Å². The van der Waals surface area contributed by atoms with Gasteiger partial charge in [0.15, 0.2) is 0 Å². The maximum atomic E-state index is 12.8. The summed E-state index contributed by atoms with van der Waals surface area (Å²) in [7, 11) is 0. The third kappa shape index (κ3) is 4.50. The standard InChI is InChI=1S/C13H11F3O3/c1-2-7-19-11-5-3-9(4-6-12(17)18)8-10(11)13(14,15)16/h2-6,8H,1,7H2,(H,17,18). The van der Waals surface area contributed by atoms with E-state index in [1.807, 2.05) is 0 Å². The van der Waals surface area contributed by atoms with Gasteiger partial charge in [0.25, 0.3) is 0 Å². The molecular formula is C13H11F3O3. The van der Waals surface area contributed by atoms with E-state index >= 15 is 0 Å². The number of benzene rings is 1. The molecule has 0 aliphatic rings. The van der Waals surface area contributed by atoms with Crippen LogP contribution >= 0.6 is 0 Å². The Kier molecular flexibility index (Phi) is 4.74. The molecule has 1 N–H and O–H groups in total. The van der Waals surface area contributed by atoms with Crippen molar-refractivity contribution in [3.05, 3.63) is 48.1 Å². The Labute approximate surface area is 107 Å². The van der Waals surface area contributed by atoms with Crippen molar-refractivity contribution in [3.63, 3.8) is 0 Å². The molecule has 0 bridgehead atoms. The molecule has 6 heteroatoms. The van der Waals surface area contributed by atoms with Crippen LogP contribution in [-0.2, 0) is 11.0 Å². The number of alkyl halides is 3. The van der Waals surface area contributed by atoms with Crippen LogP contribution in [-0.4, -0.2) is 17.7 Å². The fraction of sp³-hybridized carbons (Fsp3) is 0.154. The molecule has 0 amide bonds. The first-order valence-corrected chi connectivity index (χ1v) is 5.20. The van der Waals surface area contributed by atoms with Crippen LogP contribution in [0.4, 0.5) is 13.2 Å². The van der Waals surface area contributed by atoms with Crippen LogP contribution in [0.3, 0.4) is 0 Å². The molecule has 0 saturated heterocycles. The van der Waals surface area contributed by atoms with Crippen LogP contribution in [0.15, 0.2) is 36.9 Å². The highest BCUT2D eigenvalue weighted by molar-refractivity contribution is 5.85. The van der Waals surface area contributed by atoms with Gasteiger partial charge in [-0.2, -0.15) is 13.2 Å². The van der Waals surface area contributed by atoms with Crippen molar-refractivity contribution in [2.24, 2.45) is 0 Å². The third-order valence-corrected chi connectivity index (χ3v) is 2.08. The van der Waals surface area contributed by atoms with Gasteiger partial charge in [0.1, 0.15) is 12.4 Å². The van der Waals surface area contributed by atoms with Gasteiger partial charge in [-0.25, -0.2) is 4.79 Å². The van der Waals surface area contributed by atoms with Gasteiger partial charge >= 0.3 is 12.1 Å². The van der Waals surface area contributed by atoms with Crippen LogP contribution in [0.5, 0.6) is 5.75 Å². The summed E-state index contributed by atoms with van der Waals surface area (Å²) < 4.78 is 43.3. The molecule has 0 saturated carbocycles. The molecule has 1 rings (SSSR count). The molecule has 0 fully saturated rings. The van der Waals surface area contributed by atoms with E-state index in [1.54, 1.807) is 0 Å². The van der Waals surface area contributed by atoms with Gasteiger partial charge in [0, 0.05) is 6.08 Å². The van der Waals surface area contributed by atoms with Gasteiger partial charge < -0.3 is 9.84 Å². The largest absolute Gasteiger partial charge is 0.489 e. The summed E-state index contributed by atoms with van der Waals surface area (Å²) in [6.07, 6.45) is -1.41. The minimum absolute atomic E-state index is 0.0482. The summed E-state index contributed by atoms with van der Waals surface area (Å²) in [6.45, 7) is 3.30. The van der Waals surface area contributed by atoms with E-state index in [0.29, 0.717) is 0 Å². The maximum Gasteiger partial charge on any atom is 0.419 e. The SMILES string of the molecule is C=CCOc1ccc(C=CC(=O)O)cc1C(F)(F)F. The summed E-state index contributed by atoms with van der Waals surface area (Å²) in [5.41, 5.74) is -0.831. The molecule has 0 aliphatic heterocycles. The predicted octanol–water partition coefficient (Wildman–Crippen LogP) is 3.37. The Morgan fingerprint density at radius 1 is 1.42 bits per heavy atom. The topological polar surface area (TPSA) is 46.5 Å². The molecule has 1 aromatic carbocycles. The van der Waals surface area contributed by atoms with Crippen molar-refractivity contribution in [2.75, 3.05) is 6.61 Å². The third-order valence-electron chi connectivity index (χ3n) is 2.08. The number of rotatable bonds is 5. The Bertz CT molecular complexity index is 504. The molecule has 0 aliphatic carbocycles. The molecule has 0 spiro atoms. The number of aliphatic carboxylic acids is 1. The second-order valence-electron chi connectivity index (χ2n) is 3.52. The first kappa shape index (κ1) is 14.8. The lowest BCUT2D eigenvalue weighted by Gasteiger charge is -2.13. The molecule has 3 nitrogen and oxygen atoms in total. The Hall–Kier alpha value is -2.24. The normalized spacial score (nSPS) is 11.5. The first-order chi connectivity index (χ1) is 8.84. The van der Waals surface area contributed by atoms with Crippen molar-refractivity contribution in [1.82, 2.24) is 0 Å². The lowest BCUT2D eigenvalue weighted by molar-refractivity contribution is -0.139. The Morgan fingerprint density at radius 2 is 2.11 bits per heavy atom. The lowest BCUT2D eigenvalue weighted by atomic mass is 10.1. The smallest absolute Gasteiger partial charge is 0.419 e. The van der Waals surface area contributed by atoms with Crippen LogP contribution in [0.1, 0.15) is 11.1 Å². The molecule has 0 atom stereocenters. The molecule has 0 unspecified atom stereocenters. The number of halogens is 3. The monoisotopic (exact) mass is 272 g/mol. The van der Waals surface area contributed by atoms with E-state index in [0.717, 1.165) is 24.3 Å². The van der Waals surface area contributed by atoms with E-state index in [1.165, 1.54) is 12.1 Å². The first-order valence-electron chi connectivity index (χ1n) is 5.20. The van der Waals surface area contributed by atoms with Crippen LogP contribution in [0.25, 0.3) is 6.08 Å². The number of carbonyl (C=O) groups is 1. The van der Waals surface area contributed by atoms with E-state index in [4.69, 9.17) is 9.84 Å². The summed E-state index contributed by atoms with van der Waals surface area (Å²) in [4.78, 5) is 10.3. The van der Waals surface area contributed by atoms with E-state index in [2.05, 4.69) is 6.58 Å². The molecule has 0 heterocycles. The van der Waals surface area contributed by atoms with Crippen LogP contribution in [0, 0.1) is 0 Å². The van der Waals surface area contributed by atoms with E-state index < -0.39 is 17.7 Å². The fourth-order valence-corrected chi connectivity index (χ4v) is 1.31. The van der Waals surface area contributed by atoms with Gasteiger partial charge in [-0.1, -0.05) is 18.7 Å². The molecular weight excluding hydrogens is 261 g/mol. The summed E-state index contributed by atoms with van der Waals surface area (Å²) in [5.74, 6) is -1.56. The molecule has 19 heavy (non-hydrogen) atoms. The molecule has 1 aromatic rings. The van der Waals surface area contributed by atoms with Crippen molar-refractivity contribution in [2.45, 2.75) is 6.18 Å². The summed E-state index contributed by atoms with van der Waals surface area (Å²) >= 11 is 0. The van der Waals surface area contributed by atoms with Gasteiger partial charge in [-0.15, -0.1) is 0 Å². The fourth-order valence-electron chi connectivity index (χ4n) is 1.31. The van der Waals surface area contributed by atoms with Crippen molar-refractivity contribution in [3.8, 4) is 5.75 Å². The minimum atomic E-state index is -4.58. The number of hydrogen-bond acceptors (Lipinski definition) is 2. The number of carboxylic acid groups (broad SMARTS) is 1. The van der Waals surface area contributed by atoms with Gasteiger partial charge in [-0.3, -0.25) is 0 Å². The minimum Gasteiger partial charge on any atom is -0.489 e.